The number of hydrogen-bond acceptors (Lipinski definition) is 8. The van der Waals surface area contributed by atoms with Crippen molar-refractivity contribution < 1.29 is 28.1 Å². The van der Waals surface area contributed by atoms with Gasteiger partial charge in [-0.2, -0.15) is 0 Å². The van der Waals surface area contributed by atoms with E-state index in [9.17, 15) is 9.18 Å². The van der Waals surface area contributed by atoms with Gasteiger partial charge in [0.1, 0.15) is 18.8 Å². The number of morpholine rings is 1. The lowest BCUT2D eigenvalue weighted by molar-refractivity contribution is -0.0928. The number of halogens is 1. The van der Waals surface area contributed by atoms with Gasteiger partial charge in [0, 0.05) is 18.9 Å². The molecule has 12 heteroatoms. The number of rotatable bonds is 7. The third-order valence-corrected chi connectivity index (χ3v) is 6.07. The Labute approximate surface area is 220 Å². The monoisotopic (exact) mass is 528 g/mol. The zero-order valence-electron chi connectivity index (χ0n) is 22.0. The molecule has 2 fully saturated rings. The first kappa shape index (κ1) is 27.2. The number of ether oxygens (including phenoxy) is 4. The van der Waals surface area contributed by atoms with Gasteiger partial charge in [0.05, 0.1) is 49.5 Å². The van der Waals surface area contributed by atoms with Crippen molar-refractivity contribution in [3.8, 4) is 17.5 Å². The molecule has 2 aromatic rings. The van der Waals surface area contributed by atoms with Crippen LogP contribution in [-0.2, 0) is 9.47 Å². The summed E-state index contributed by atoms with van der Waals surface area (Å²) in [5.74, 6) is -0.128. The van der Waals surface area contributed by atoms with Crippen LogP contribution in [0.5, 0.6) is 17.5 Å². The fourth-order valence-corrected chi connectivity index (χ4v) is 4.31. The third kappa shape index (κ3) is 6.74. The first-order valence-electron chi connectivity index (χ1n) is 12.4. The Morgan fingerprint density at radius 1 is 1.24 bits per heavy atom. The van der Waals surface area contributed by atoms with Gasteiger partial charge < -0.3 is 24.7 Å². The second-order valence-electron chi connectivity index (χ2n) is 10.4. The molecule has 1 aromatic carbocycles. The molecule has 2 N–H and O–H groups in total. The van der Waals surface area contributed by atoms with E-state index in [1.165, 1.54) is 24.8 Å². The summed E-state index contributed by atoms with van der Waals surface area (Å²) in [6, 6.07) is 3.92. The number of carbonyl (C=O) groups excluding carboxylic acids is 1. The van der Waals surface area contributed by atoms with Gasteiger partial charge in [-0.3, -0.25) is 4.90 Å². The molecule has 204 valence electrons. The predicted molar refractivity (Wildman–Crippen MR) is 139 cm³/mol. The fourth-order valence-electron chi connectivity index (χ4n) is 4.31. The summed E-state index contributed by atoms with van der Waals surface area (Å²) in [6.07, 6.45) is 4.20. The van der Waals surface area contributed by atoms with Crippen LogP contribution in [0.25, 0.3) is 0 Å². The van der Waals surface area contributed by atoms with Gasteiger partial charge in [-0.1, -0.05) is 20.8 Å². The molecule has 2 atom stereocenters. The highest BCUT2D eigenvalue weighted by Crippen LogP contribution is 2.34. The van der Waals surface area contributed by atoms with Crippen LogP contribution in [0.3, 0.4) is 0 Å². The minimum atomic E-state index is -0.615. The Balaban J connectivity index is 1.42. The van der Waals surface area contributed by atoms with Gasteiger partial charge in [-0.15, -0.1) is 0 Å². The lowest BCUT2D eigenvalue weighted by Crippen LogP contribution is -2.61. The molecule has 0 spiro atoms. The highest BCUT2D eigenvalue weighted by atomic mass is 19.1. The number of aliphatic imine (C=N–C) groups is 2. The minimum Gasteiger partial charge on any atom is -0.474 e. The Bertz CT molecular complexity index is 1190. The topological polar surface area (TPSA) is 134 Å². The van der Waals surface area contributed by atoms with Crippen LogP contribution < -0.4 is 15.2 Å². The van der Waals surface area contributed by atoms with Crippen molar-refractivity contribution in [2.24, 2.45) is 21.1 Å². The first-order chi connectivity index (χ1) is 18.1. The Morgan fingerprint density at radius 3 is 2.61 bits per heavy atom. The van der Waals surface area contributed by atoms with Crippen LogP contribution in [0.15, 0.2) is 34.5 Å². The average molecular weight is 529 g/mol. The molecule has 0 saturated carbocycles. The van der Waals surface area contributed by atoms with Crippen molar-refractivity contribution in [1.29, 1.82) is 0 Å². The number of nitrogens with zero attached hydrogens (tertiary/aromatic N) is 5. The number of piperidine rings is 1. The van der Waals surface area contributed by atoms with Crippen molar-refractivity contribution in [2.45, 2.75) is 58.7 Å². The summed E-state index contributed by atoms with van der Waals surface area (Å²) in [7, 11) is 0. The maximum absolute atomic E-state index is 14.6. The number of fused-ring (bicyclic) bond motifs is 2. The highest BCUT2D eigenvalue weighted by Gasteiger charge is 2.43. The number of nitrogens with two attached hydrogens (primary N) is 1. The van der Waals surface area contributed by atoms with Crippen molar-refractivity contribution in [1.82, 2.24) is 14.9 Å². The normalized spacial score (nSPS) is 21.6. The largest absolute Gasteiger partial charge is 0.474 e. The molecule has 2 unspecified atom stereocenters. The van der Waals surface area contributed by atoms with Crippen LogP contribution in [0.2, 0.25) is 0 Å². The maximum Gasteiger partial charge on any atom is 0.410 e. The molecule has 0 aliphatic carbocycles. The molecule has 1 amide bonds. The summed E-state index contributed by atoms with van der Waals surface area (Å²) in [5.41, 5.74) is 5.92. The number of carbonyl (C=O) groups is 1. The first-order valence-corrected chi connectivity index (χ1v) is 12.4. The van der Waals surface area contributed by atoms with Crippen LogP contribution >= 0.6 is 0 Å². The van der Waals surface area contributed by atoms with Gasteiger partial charge in [0.15, 0.2) is 11.6 Å². The van der Waals surface area contributed by atoms with Gasteiger partial charge in [-0.05, 0) is 24.5 Å². The van der Waals surface area contributed by atoms with E-state index < -0.39 is 5.82 Å². The number of hydrogen-bond donors (Lipinski definition) is 1. The third-order valence-electron chi connectivity index (χ3n) is 6.07. The van der Waals surface area contributed by atoms with Crippen molar-refractivity contribution in [3.05, 3.63) is 35.9 Å². The van der Waals surface area contributed by atoms with Crippen LogP contribution in [0, 0.1) is 18.2 Å². The second kappa shape index (κ2) is 11.7. The quantitative estimate of drug-likeness (QED) is 0.418. The Kier molecular flexibility index (Phi) is 8.40. The van der Waals surface area contributed by atoms with Gasteiger partial charge >= 0.3 is 6.09 Å². The van der Waals surface area contributed by atoms with E-state index in [4.69, 9.17) is 24.7 Å². The molecule has 0 radical (unpaired) electrons. The molecule has 1 aromatic heterocycles. The SMILES string of the molecule is Cc1c(Oc2ccc(N=CN=CN)cc2F)ncnc1OC1CC2COCC(C1)N2C(=O)OCC(C)(C)C. The summed E-state index contributed by atoms with van der Waals surface area (Å²) in [4.78, 5) is 30.7. The fraction of sp³-hybridized carbons (Fsp3) is 0.500. The molecule has 3 heterocycles. The maximum atomic E-state index is 14.6. The number of amides is 1. The molecule has 38 heavy (non-hydrogen) atoms. The molecular weight excluding hydrogens is 495 g/mol. The van der Waals surface area contributed by atoms with E-state index in [0.29, 0.717) is 49.8 Å². The number of aromatic nitrogens is 2. The lowest BCUT2D eigenvalue weighted by Gasteiger charge is -2.47. The summed E-state index contributed by atoms with van der Waals surface area (Å²) in [6.45, 7) is 8.96. The standard InChI is InChI=1S/C26H33FN6O5/c1-16-23(31-15-32-24(16)38-22-6-5-17(7-21(22)27)30-14-29-13-28)37-20-8-18-10-35-11-19(9-20)33(18)25(34)36-12-26(2,3)4/h5-7,13-15,18-20H,8-12H2,1-4H3,(H2,28,29,30). The average Bonchev–Trinajstić information content (AvgIpc) is 2.85. The molecule has 4 rings (SSSR count). The van der Waals surface area contributed by atoms with Crippen LogP contribution in [-0.4, -0.2) is 71.6 Å². The van der Waals surface area contributed by atoms with E-state index in [-0.39, 0.29) is 41.3 Å². The van der Waals surface area contributed by atoms with Gasteiger partial charge in [-0.25, -0.2) is 29.1 Å². The van der Waals surface area contributed by atoms with Crippen molar-refractivity contribution in [2.75, 3.05) is 19.8 Å². The van der Waals surface area contributed by atoms with Gasteiger partial charge in [0.25, 0.3) is 0 Å². The van der Waals surface area contributed by atoms with E-state index in [1.807, 2.05) is 20.8 Å². The molecular formula is C26H33FN6O5. The van der Waals surface area contributed by atoms with E-state index in [0.717, 1.165) is 6.34 Å². The molecule has 2 saturated heterocycles. The number of benzene rings is 1. The molecule has 2 aliphatic rings. The Hall–Kier alpha value is -3.80. The highest BCUT2D eigenvalue weighted by molar-refractivity contribution is 5.72. The minimum absolute atomic E-state index is 0.0206. The lowest BCUT2D eigenvalue weighted by atomic mass is 9.92. The zero-order chi connectivity index (χ0) is 27.3. The van der Waals surface area contributed by atoms with E-state index in [1.54, 1.807) is 17.9 Å². The van der Waals surface area contributed by atoms with Crippen molar-refractivity contribution in [3.63, 3.8) is 0 Å². The van der Waals surface area contributed by atoms with Gasteiger partial charge in [0.2, 0.25) is 11.8 Å². The summed E-state index contributed by atoms with van der Waals surface area (Å²) < 4.78 is 37.9. The predicted octanol–water partition coefficient (Wildman–Crippen LogP) is 4.16. The van der Waals surface area contributed by atoms with Crippen molar-refractivity contribution >= 4 is 24.5 Å². The molecule has 11 nitrogen and oxygen atoms in total. The van der Waals surface area contributed by atoms with E-state index >= 15 is 0 Å². The van der Waals surface area contributed by atoms with Crippen LogP contribution in [0.4, 0.5) is 14.9 Å². The zero-order valence-corrected chi connectivity index (χ0v) is 22.0. The van der Waals surface area contributed by atoms with E-state index in [2.05, 4.69) is 20.0 Å². The summed E-state index contributed by atoms with van der Waals surface area (Å²) in [5, 5.41) is 0. The molecule has 2 bridgehead atoms. The Morgan fingerprint density at radius 2 is 1.95 bits per heavy atom. The molecule has 2 aliphatic heterocycles. The van der Waals surface area contributed by atoms with Crippen LogP contribution in [0.1, 0.15) is 39.2 Å². The summed E-state index contributed by atoms with van der Waals surface area (Å²) >= 11 is 0. The second-order valence-corrected chi connectivity index (χ2v) is 10.4. The smallest absolute Gasteiger partial charge is 0.410 e.